The minimum absolute atomic E-state index is 0.000219. The Hall–Kier alpha value is -3.19. The fourth-order valence-corrected chi connectivity index (χ4v) is 5.93. The van der Waals surface area contributed by atoms with Crippen molar-refractivity contribution in [2.75, 3.05) is 4.31 Å². The van der Waals surface area contributed by atoms with Crippen LogP contribution < -0.4 is 9.62 Å². The van der Waals surface area contributed by atoms with Gasteiger partial charge in [0.05, 0.1) is 10.6 Å². The Morgan fingerprint density at radius 1 is 1.09 bits per heavy atom. The van der Waals surface area contributed by atoms with Crippen molar-refractivity contribution in [1.82, 2.24) is 5.32 Å². The lowest BCUT2D eigenvalue weighted by Crippen LogP contribution is -2.35. The van der Waals surface area contributed by atoms with Gasteiger partial charge in [-0.05, 0) is 86.7 Å². The van der Waals surface area contributed by atoms with Gasteiger partial charge < -0.3 is 5.32 Å². The van der Waals surface area contributed by atoms with E-state index in [1.54, 1.807) is 18.2 Å². The first kappa shape index (κ1) is 23.0. The highest BCUT2D eigenvalue weighted by atomic mass is 32.2. The molecule has 0 fully saturated rings. The van der Waals surface area contributed by atoms with Crippen molar-refractivity contribution in [3.8, 4) is 0 Å². The summed E-state index contributed by atoms with van der Waals surface area (Å²) in [5, 5.41) is 3.04. The fourth-order valence-electron chi connectivity index (χ4n) is 4.24. The molecular weight excluding hydrogens is 439 g/mol. The van der Waals surface area contributed by atoms with Gasteiger partial charge in [0, 0.05) is 17.6 Å². The number of fused-ring (bicyclic) bond motifs is 1. The van der Waals surface area contributed by atoms with Gasteiger partial charge in [0.15, 0.2) is 0 Å². The van der Waals surface area contributed by atoms with E-state index in [2.05, 4.69) is 17.4 Å². The van der Waals surface area contributed by atoms with E-state index >= 15 is 0 Å². The first-order valence-corrected chi connectivity index (χ1v) is 12.5. The number of rotatable bonds is 7. The predicted octanol–water partition coefficient (Wildman–Crippen LogP) is 4.72. The number of aryl methyl sites for hydroxylation is 1. The summed E-state index contributed by atoms with van der Waals surface area (Å²) in [6, 6.07) is 19.8. The van der Waals surface area contributed by atoms with Gasteiger partial charge in [0.2, 0.25) is 0 Å². The van der Waals surface area contributed by atoms with Gasteiger partial charge in [0.25, 0.3) is 15.9 Å². The molecular formula is C26H27FN2O3S. The Morgan fingerprint density at radius 3 is 2.48 bits per heavy atom. The molecule has 7 heteroatoms. The Morgan fingerprint density at radius 2 is 1.79 bits per heavy atom. The molecule has 172 valence electrons. The van der Waals surface area contributed by atoms with E-state index in [-0.39, 0.29) is 22.9 Å². The summed E-state index contributed by atoms with van der Waals surface area (Å²) in [6.07, 6.45) is 2.20. The quantitative estimate of drug-likeness (QED) is 0.548. The van der Waals surface area contributed by atoms with Crippen LogP contribution in [0.25, 0.3) is 0 Å². The third kappa shape index (κ3) is 4.93. The van der Waals surface area contributed by atoms with Crippen LogP contribution >= 0.6 is 0 Å². The molecule has 33 heavy (non-hydrogen) atoms. The van der Waals surface area contributed by atoms with Crippen molar-refractivity contribution < 1.29 is 17.6 Å². The first-order valence-electron chi connectivity index (χ1n) is 11.0. The average molecular weight is 467 g/mol. The summed E-state index contributed by atoms with van der Waals surface area (Å²) < 4.78 is 41.0. The average Bonchev–Trinajstić information content (AvgIpc) is 3.14. The van der Waals surface area contributed by atoms with Gasteiger partial charge in [-0.2, -0.15) is 0 Å². The Labute approximate surface area is 194 Å². The molecule has 0 aromatic heterocycles. The highest BCUT2D eigenvalue weighted by molar-refractivity contribution is 7.92. The fraction of sp³-hybridized carbons (Fsp3) is 0.269. The summed E-state index contributed by atoms with van der Waals surface area (Å²) in [5.74, 6) is -0.664. The summed E-state index contributed by atoms with van der Waals surface area (Å²) >= 11 is 0. The number of halogens is 1. The topological polar surface area (TPSA) is 66.5 Å². The molecule has 0 radical (unpaired) electrons. The standard InChI is InChI=1S/C26H27FN2O3S/c1-18(8-9-20-6-4-3-5-7-20)28-26(30)21-10-15-25-22(17-21)16-19(2)29(25)33(31,32)24-13-11-23(27)12-14-24/h3-7,10-15,17-19H,8-9,16H2,1-2H3,(H,28,30)/t18-,19+/m1/s1. The van der Waals surface area contributed by atoms with Crippen LogP contribution in [0, 0.1) is 5.82 Å². The third-order valence-electron chi connectivity index (χ3n) is 5.95. The van der Waals surface area contributed by atoms with Gasteiger partial charge in [-0.25, -0.2) is 12.8 Å². The van der Waals surface area contributed by atoms with Crippen molar-refractivity contribution >= 4 is 21.6 Å². The van der Waals surface area contributed by atoms with Crippen molar-refractivity contribution in [2.45, 2.75) is 50.1 Å². The predicted molar refractivity (Wildman–Crippen MR) is 127 cm³/mol. The molecule has 1 aliphatic heterocycles. The zero-order valence-corrected chi connectivity index (χ0v) is 19.5. The highest BCUT2D eigenvalue weighted by Gasteiger charge is 2.36. The molecule has 0 bridgehead atoms. The van der Waals surface area contributed by atoms with Gasteiger partial charge in [-0.15, -0.1) is 0 Å². The second kappa shape index (κ2) is 9.35. The summed E-state index contributed by atoms with van der Waals surface area (Å²) in [7, 11) is -3.84. The maximum absolute atomic E-state index is 13.3. The molecule has 0 saturated carbocycles. The molecule has 2 atom stereocenters. The minimum atomic E-state index is -3.84. The normalized spacial score (nSPS) is 16.3. The maximum atomic E-state index is 13.3. The summed E-state index contributed by atoms with van der Waals surface area (Å²) in [6.45, 7) is 3.81. The van der Waals surface area contributed by atoms with E-state index in [1.807, 2.05) is 32.0 Å². The Balaban J connectivity index is 1.48. The second-order valence-corrected chi connectivity index (χ2v) is 10.4. The van der Waals surface area contributed by atoms with Crippen LogP contribution in [0.1, 0.15) is 41.8 Å². The van der Waals surface area contributed by atoms with Crippen LogP contribution in [0.5, 0.6) is 0 Å². The van der Waals surface area contributed by atoms with Crippen molar-refractivity contribution in [1.29, 1.82) is 0 Å². The second-order valence-electron chi connectivity index (χ2n) is 8.55. The monoisotopic (exact) mass is 466 g/mol. The van der Waals surface area contributed by atoms with E-state index in [1.165, 1.54) is 22.0 Å². The van der Waals surface area contributed by atoms with E-state index in [9.17, 15) is 17.6 Å². The number of benzene rings is 3. The number of carbonyl (C=O) groups is 1. The lowest BCUT2D eigenvalue weighted by Gasteiger charge is -2.24. The van der Waals surface area contributed by atoms with Crippen LogP contribution in [0.4, 0.5) is 10.1 Å². The summed E-state index contributed by atoms with van der Waals surface area (Å²) in [4.78, 5) is 12.8. The Bertz CT molecular complexity index is 1240. The molecule has 1 aliphatic rings. The molecule has 3 aromatic carbocycles. The highest BCUT2D eigenvalue weighted by Crippen LogP contribution is 2.37. The molecule has 1 amide bonds. The van der Waals surface area contributed by atoms with Gasteiger partial charge in [0.1, 0.15) is 5.82 Å². The number of nitrogens with one attached hydrogen (secondary N) is 1. The number of anilines is 1. The zero-order valence-electron chi connectivity index (χ0n) is 18.7. The van der Waals surface area contributed by atoms with E-state index in [0.717, 1.165) is 30.5 Å². The largest absolute Gasteiger partial charge is 0.350 e. The van der Waals surface area contributed by atoms with E-state index in [4.69, 9.17) is 0 Å². The number of hydrogen-bond donors (Lipinski definition) is 1. The van der Waals surface area contributed by atoms with Crippen molar-refractivity contribution in [3.05, 3.63) is 95.3 Å². The molecule has 0 saturated heterocycles. The number of hydrogen-bond acceptors (Lipinski definition) is 3. The SMILES string of the molecule is C[C@H](CCc1ccccc1)NC(=O)c1ccc2c(c1)C[C@H](C)N2S(=O)(=O)c1ccc(F)cc1. The molecule has 1 N–H and O–H groups in total. The number of sulfonamides is 1. The number of nitrogens with zero attached hydrogens (tertiary/aromatic N) is 1. The Kier molecular flexibility index (Phi) is 6.51. The van der Waals surface area contributed by atoms with Crippen LogP contribution in [0.2, 0.25) is 0 Å². The zero-order chi connectivity index (χ0) is 23.6. The summed E-state index contributed by atoms with van der Waals surface area (Å²) in [5.41, 5.74) is 3.10. The molecule has 0 unspecified atom stereocenters. The van der Waals surface area contributed by atoms with Gasteiger partial charge >= 0.3 is 0 Å². The molecule has 1 heterocycles. The lowest BCUT2D eigenvalue weighted by molar-refractivity contribution is 0.0938. The van der Waals surface area contributed by atoms with Crippen LogP contribution in [-0.4, -0.2) is 26.4 Å². The molecule has 3 aromatic rings. The number of amides is 1. The molecule has 0 spiro atoms. The van der Waals surface area contributed by atoms with Gasteiger partial charge in [-0.1, -0.05) is 30.3 Å². The van der Waals surface area contributed by atoms with Gasteiger partial charge in [-0.3, -0.25) is 9.10 Å². The molecule has 0 aliphatic carbocycles. The van der Waals surface area contributed by atoms with E-state index < -0.39 is 15.8 Å². The van der Waals surface area contributed by atoms with Crippen LogP contribution in [-0.2, 0) is 22.9 Å². The maximum Gasteiger partial charge on any atom is 0.264 e. The van der Waals surface area contributed by atoms with Crippen LogP contribution in [0.3, 0.4) is 0 Å². The van der Waals surface area contributed by atoms with Crippen molar-refractivity contribution in [3.63, 3.8) is 0 Å². The van der Waals surface area contributed by atoms with E-state index in [0.29, 0.717) is 17.7 Å². The third-order valence-corrected chi connectivity index (χ3v) is 7.89. The smallest absolute Gasteiger partial charge is 0.264 e. The molecule has 5 nitrogen and oxygen atoms in total. The first-order chi connectivity index (χ1) is 15.8. The number of carbonyl (C=O) groups excluding carboxylic acids is 1. The molecule has 4 rings (SSSR count). The van der Waals surface area contributed by atoms with Crippen LogP contribution in [0.15, 0.2) is 77.7 Å². The lowest BCUT2D eigenvalue weighted by atomic mass is 10.0. The van der Waals surface area contributed by atoms with Crippen molar-refractivity contribution in [2.24, 2.45) is 0 Å². The minimum Gasteiger partial charge on any atom is -0.350 e.